The Labute approximate surface area is 111 Å². The van der Waals surface area contributed by atoms with Gasteiger partial charge in [0.15, 0.2) is 0 Å². The molecule has 0 fully saturated rings. The molecule has 0 aliphatic carbocycles. The summed E-state index contributed by atoms with van der Waals surface area (Å²) in [5, 5.41) is 26.3. The van der Waals surface area contributed by atoms with Crippen LogP contribution in [0.3, 0.4) is 0 Å². The van der Waals surface area contributed by atoms with Crippen LogP contribution in [0.25, 0.3) is 0 Å². The molecule has 2 N–H and O–H groups in total. The number of pyridine rings is 1. The molecule has 7 nitrogen and oxygen atoms in total. The summed E-state index contributed by atoms with van der Waals surface area (Å²) in [7, 11) is 0. The monoisotopic (exact) mass is 279 g/mol. The molecule has 2 rings (SSSR count). The zero-order valence-corrected chi connectivity index (χ0v) is 10.4. The van der Waals surface area contributed by atoms with Crippen LogP contribution in [0.1, 0.15) is 15.9 Å². The van der Waals surface area contributed by atoms with Gasteiger partial charge in [0.1, 0.15) is 17.6 Å². The van der Waals surface area contributed by atoms with Crippen molar-refractivity contribution in [2.24, 2.45) is 0 Å². The van der Waals surface area contributed by atoms with Gasteiger partial charge < -0.3 is 10.4 Å². The number of hydrogen-bond donors (Lipinski definition) is 2. The highest BCUT2D eigenvalue weighted by Gasteiger charge is 2.17. The van der Waals surface area contributed by atoms with Gasteiger partial charge in [0.2, 0.25) is 0 Å². The number of carboxylic acid groups (broad SMARTS) is 1. The smallest absolute Gasteiger partial charge is 0.339 e. The zero-order valence-electron chi connectivity index (χ0n) is 9.57. The first kappa shape index (κ1) is 13.0. The fraction of sp³-hybridized carbons (Fsp3) is 0.0909. The van der Waals surface area contributed by atoms with Crippen molar-refractivity contribution in [1.82, 2.24) is 4.98 Å². The van der Waals surface area contributed by atoms with Crippen molar-refractivity contribution < 1.29 is 14.8 Å². The van der Waals surface area contributed by atoms with Gasteiger partial charge in [-0.2, -0.15) is 11.3 Å². The lowest BCUT2D eigenvalue weighted by atomic mass is 10.2. The molecule has 98 valence electrons. The maximum atomic E-state index is 11.1. The molecule has 0 aromatic carbocycles. The van der Waals surface area contributed by atoms with Gasteiger partial charge in [0, 0.05) is 12.6 Å². The molecule has 0 aliphatic rings. The van der Waals surface area contributed by atoms with E-state index in [9.17, 15) is 14.9 Å². The molecule has 2 aromatic heterocycles. The van der Waals surface area contributed by atoms with Gasteiger partial charge >= 0.3 is 5.97 Å². The molecule has 0 unspecified atom stereocenters. The van der Waals surface area contributed by atoms with Crippen molar-refractivity contribution in [2.75, 3.05) is 5.32 Å². The topological polar surface area (TPSA) is 105 Å². The van der Waals surface area contributed by atoms with E-state index in [-0.39, 0.29) is 17.1 Å². The van der Waals surface area contributed by atoms with E-state index in [4.69, 9.17) is 5.11 Å². The summed E-state index contributed by atoms with van der Waals surface area (Å²) in [6, 6.07) is 2.88. The molecule has 8 heteroatoms. The average molecular weight is 279 g/mol. The lowest BCUT2D eigenvalue weighted by Gasteiger charge is -2.07. The Morgan fingerprint density at radius 3 is 2.95 bits per heavy atom. The van der Waals surface area contributed by atoms with Crippen LogP contribution in [0.5, 0.6) is 0 Å². The first-order valence-electron chi connectivity index (χ1n) is 5.20. The van der Waals surface area contributed by atoms with E-state index < -0.39 is 10.9 Å². The van der Waals surface area contributed by atoms with Crippen molar-refractivity contribution in [1.29, 1.82) is 0 Å². The number of nitro groups is 1. The second-order valence-electron chi connectivity index (χ2n) is 3.64. The van der Waals surface area contributed by atoms with Crippen LogP contribution in [0.15, 0.2) is 29.1 Å². The molecule has 2 aromatic rings. The first-order chi connectivity index (χ1) is 9.08. The number of carbonyl (C=O) groups is 1. The van der Waals surface area contributed by atoms with Crippen molar-refractivity contribution in [2.45, 2.75) is 6.54 Å². The third-order valence-corrected chi connectivity index (χ3v) is 3.09. The molecule has 0 aliphatic heterocycles. The van der Waals surface area contributed by atoms with Crippen molar-refractivity contribution >= 4 is 28.8 Å². The van der Waals surface area contributed by atoms with Crippen LogP contribution in [-0.4, -0.2) is 21.0 Å². The first-order valence-corrected chi connectivity index (χ1v) is 6.15. The van der Waals surface area contributed by atoms with Crippen LogP contribution in [-0.2, 0) is 6.54 Å². The number of rotatable bonds is 5. The molecule has 0 atom stereocenters. The minimum atomic E-state index is -1.26. The van der Waals surface area contributed by atoms with Crippen molar-refractivity contribution in [3.63, 3.8) is 0 Å². The predicted molar refractivity (Wildman–Crippen MR) is 69.5 cm³/mol. The van der Waals surface area contributed by atoms with Crippen molar-refractivity contribution in [3.8, 4) is 0 Å². The fourth-order valence-electron chi connectivity index (χ4n) is 1.44. The summed E-state index contributed by atoms with van der Waals surface area (Å²) in [5.41, 5.74) is 0.421. The number of hydrogen-bond acceptors (Lipinski definition) is 6. The van der Waals surface area contributed by atoms with Crippen LogP contribution < -0.4 is 5.32 Å². The minimum Gasteiger partial charge on any atom is -0.478 e. The van der Waals surface area contributed by atoms with Crippen LogP contribution in [0.4, 0.5) is 11.5 Å². The second-order valence-corrected chi connectivity index (χ2v) is 4.42. The quantitative estimate of drug-likeness (QED) is 0.643. The average Bonchev–Trinajstić information content (AvgIpc) is 2.89. The number of aromatic carboxylic acids is 1. The van der Waals surface area contributed by atoms with Gasteiger partial charge in [-0.25, -0.2) is 9.78 Å². The Kier molecular flexibility index (Phi) is 3.71. The number of carboxylic acids is 1. The standard InChI is InChI=1S/C11H9N3O4S/c15-11(16)9-3-8(14(17)18)5-13-10(9)12-4-7-1-2-19-6-7/h1-3,5-6H,4H2,(H,12,13)(H,15,16). The molecule has 2 heterocycles. The van der Waals surface area contributed by atoms with E-state index in [0.717, 1.165) is 17.8 Å². The maximum absolute atomic E-state index is 11.1. The second kappa shape index (κ2) is 5.44. The number of aromatic nitrogens is 1. The van der Waals surface area contributed by atoms with E-state index >= 15 is 0 Å². The van der Waals surface area contributed by atoms with Crippen LogP contribution in [0.2, 0.25) is 0 Å². The highest BCUT2D eigenvalue weighted by molar-refractivity contribution is 7.07. The van der Waals surface area contributed by atoms with Gasteiger partial charge in [-0.05, 0) is 22.4 Å². The van der Waals surface area contributed by atoms with E-state index in [2.05, 4.69) is 10.3 Å². The molecule has 19 heavy (non-hydrogen) atoms. The van der Waals surface area contributed by atoms with Gasteiger partial charge in [-0.1, -0.05) is 0 Å². The maximum Gasteiger partial charge on any atom is 0.339 e. The summed E-state index contributed by atoms with van der Waals surface area (Å²) in [6.45, 7) is 0.411. The largest absolute Gasteiger partial charge is 0.478 e. The van der Waals surface area contributed by atoms with Crippen LogP contribution in [0, 0.1) is 10.1 Å². The zero-order chi connectivity index (χ0) is 13.8. The number of nitrogens with one attached hydrogen (secondary N) is 1. The Balaban J connectivity index is 2.24. The predicted octanol–water partition coefficient (Wildman–Crippen LogP) is 2.36. The summed E-state index contributed by atoms with van der Waals surface area (Å²) in [6.07, 6.45) is 1.03. The van der Waals surface area contributed by atoms with E-state index in [1.165, 1.54) is 11.3 Å². The fourth-order valence-corrected chi connectivity index (χ4v) is 2.11. The normalized spacial score (nSPS) is 10.1. The highest BCUT2D eigenvalue weighted by atomic mass is 32.1. The summed E-state index contributed by atoms with van der Waals surface area (Å²) < 4.78 is 0. The third-order valence-electron chi connectivity index (χ3n) is 2.35. The summed E-state index contributed by atoms with van der Waals surface area (Å²) in [4.78, 5) is 24.8. The SMILES string of the molecule is O=C(O)c1cc([N+](=O)[O-])cnc1NCc1ccsc1. The van der Waals surface area contributed by atoms with Crippen LogP contribution >= 0.6 is 11.3 Å². The lowest BCUT2D eigenvalue weighted by molar-refractivity contribution is -0.385. The lowest BCUT2D eigenvalue weighted by Crippen LogP contribution is -2.08. The van der Waals surface area contributed by atoms with Gasteiger partial charge in [0.05, 0.1) is 4.92 Å². The molecule has 0 spiro atoms. The molecule has 0 amide bonds. The molecule has 0 radical (unpaired) electrons. The summed E-state index contributed by atoms with van der Waals surface area (Å²) in [5.74, 6) is -1.15. The molecule has 0 bridgehead atoms. The Hall–Kier alpha value is -2.48. The molecule has 0 saturated carbocycles. The Morgan fingerprint density at radius 2 is 2.37 bits per heavy atom. The van der Waals surface area contributed by atoms with E-state index in [0.29, 0.717) is 6.54 Å². The number of thiophene rings is 1. The molecule has 0 saturated heterocycles. The Bertz CT molecular complexity index is 612. The Morgan fingerprint density at radius 1 is 1.58 bits per heavy atom. The summed E-state index contributed by atoms with van der Waals surface area (Å²) >= 11 is 1.53. The van der Waals surface area contributed by atoms with Gasteiger partial charge in [-0.15, -0.1) is 0 Å². The highest BCUT2D eigenvalue weighted by Crippen LogP contribution is 2.20. The minimum absolute atomic E-state index is 0.115. The van der Waals surface area contributed by atoms with E-state index in [1.807, 2.05) is 16.8 Å². The third kappa shape index (κ3) is 3.05. The molecular weight excluding hydrogens is 270 g/mol. The number of anilines is 1. The van der Waals surface area contributed by atoms with Gasteiger partial charge in [-0.3, -0.25) is 10.1 Å². The molecular formula is C11H9N3O4S. The number of nitrogens with zero attached hydrogens (tertiary/aromatic N) is 2. The van der Waals surface area contributed by atoms with Crippen molar-refractivity contribution in [3.05, 3.63) is 50.3 Å². The van der Waals surface area contributed by atoms with E-state index in [1.54, 1.807) is 0 Å². The van der Waals surface area contributed by atoms with Gasteiger partial charge in [0.25, 0.3) is 5.69 Å².